The van der Waals surface area contributed by atoms with Gasteiger partial charge in [-0.2, -0.15) is 5.10 Å². The third-order valence-electron chi connectivity index (χ3n) is 5.61. The number of hydrogen-bond acceptors (Lipinski definition) is 3. The first kappa shape index (κ1) is 16.6. The van der Waals surface area contributed by atoms with Crippen molar-refractivity contribution in [3.63, 3.8) is 0 Å². The number of fused-ring (bicyclic) bond motifs is 2. The fourth-order valence-corrected chi connectivity index (χ4v) is 4.28. The van der Waals surface area contributed by atoms with E-state index in [1.54, 1.807) is 12.3 Å². The van der Waals surface area contributed by atoms with E-state index in [-0.39, 0.29) is 28.7 Å². The summed E-state index contributed by atoms with van der Waals surface area (Å²) in [7, 11) is 0. The zero-order chi connectivity index (χ0) is 18.1. The Morgan fingerprint density at radius 2 is 1.88 bits per heavy atom. The third-order valence-corrected chi connectivity index (χ3v) is 5.61. The molecule has 0 aliphatic heterocycles. The molecule has 5 nitrogen and oxygen atoms in total. The van der Waals surface area contributed by atoms with E-state index in [4.69, 9.17) is 6.57 Å². The summed E-state index contributed by atoms with van der Waals surface area (Å²) >= 11 is 0. The lowest BCUT2D eigenvalue weighted by atomic mass is 9.52. The van der Waals surface area contributed by atoms with Crippen LogP contribution in [0.1, 0.15) is 57.6 Å². The molecule has 3 rings (SSSR count). The molecule has 2 atom stereocenters. The summed E-state index contributed by atoms with van der Waals surface area (Å²) in [6, 6.07) is 0. The second-order valence-corrected chi connectivity index (χ2v) is 8.65. The zero-order valence-electron chi connectivity index (χ0n) is 15.1. The van der Waals surface area contributed by atoms with Crippen molar-refractivity contribution >= 4 is 11.6 Å². The van der Waals surface area contributed by atoms with Gasteiger partial charge in [0.1, 0.15) is 0 Å². The van der Waals surface area contributed by atoms with Gasteiger partial charge in [-0.05, 0) is 40.0 Å². The topological polar surface area (TPSA) is 56.3 Å². The molecule has 0 bridgehead atoms. The fourth-order valence-electron chi connectivity index (χ4n) is 4.28. The maximum absolute atomic E-state index is 13.3. The van der Waals surface area contributed by atoms with E-state index in [0.717, 1.165) is 5.69 Å². The fraction of sp³-hybridized carbons (Fsp3) is 0.579. The van der Waals surface area contributed by atoms with Crippen LogP contribution in [0.3, 0.4) is 0 Å². The third kappa shape index (κ3) is 1.95. The lowest BCUT2D eigenvalue weighted by Crippen LogP contribution is -2.53. The van der Waals surface area contributed by atoms with Gasteiger partial charge in [-0.15, -0.1) is 0 Å². The zero-order valence-corrected chi connectivity index (χ0v) is 15.1. The van der Waals surface area contributed by atoms with Crippen LogP contribution in [0.25, 0.3) is 4.85 Å². The average Bonchev–Trinajstić information content (AvgIpc) is 2.90. The van der Waals surface area contributed by atoms with Crippen LogP contribution in [0, 0.1) is 23.3 Å². The molecule has 24 heavy (non-hydrogen) atoms. The van der Waals surface area contributed by atoms with Gasteiger partial charge in [0.05, 0.1) is 29.6 Å². The van der Waals surface area contributed by atoms with Crippen molar-refractivity contribution in [1.29, 1.82) is 0 Å². The Bertz CT molecular complexity index is 830. The highest BCUT2D eigenvalue weighted by Crippen LogP contribution is 2.54. The maximum Gasteiger partial charge on any atom is 0.226 e. The first-order chi connectivity index (χ1) is 10.9. The molecule has 1 aromatic rings. The van der Waals surface area contributed by atoms with Crippen molar-refractivity contribution in [2.45, 2.75) is 53.5 Å². The molecule has 1 aromatic heterocycles. The van der Waals surface area contributed by atoms with Crippen LogP contribution in [0.4, 0.5) is 0 Å². The number of carbonyl (C=O) groups is 2. The molecule has 0 unspecified atom stereocenters. The molecule has 126 valence electrons. The highest BCUT2D eigenvalue weighted by atomic mass is 16.1. The second kappa shape index (κ2) is 4.66. The summed E-state index contributed by atoms with van der Waals surface area (Å²) in [6.45, 7) is 19.0. The SMILES string of the molecule is [C-]#[N+]C1=C[C@]2(C)C(=O)c3cnn(C(C)(C)C)c3C[C@@H]2C(C)(C)C1=O. The van der Waals surface area contributed by atoms with Gasteiger partial charge in [0.2, 0.25) is 5.70 Å². The van der Waals surface area contributed by atoms with Crippen LogP contribution in [0.2, 0.25) is 0 Å². The van der Waals surface area contributed by atoms with E-state index < -0.39 is 10.8 Å². The maximum atomic E-state index is 13.3. The molecule has 5 heteroatoms. The molecule has 0 amide bonds. The summed E-state index contributed by atoms with van der Waals surface area (Å²) < 4.78 is 1.90. The number of Topliss-reactive ketones (excluding diaryl/α,β-unsaturated/α-hetero) is 2. The van der Waals surface area contributed by atoms with Crippen LogP contribution < -0.4 is 0 Å². The van der Waals surface area contributed by atoms with E-state index in [1.165, 1.54) is 0 Å². The number of ketones is 2. The average molecular weight is 325 g/mol. The Kier molecular flexibility index (Phi) is 3.23. The lowest BCUT2D eigenvalue weighted by molar-refractivity contribution is -0.128. The molecule has 1 heterocycles. The van der Waals surface area contributed by atoms with Gasteiger partial charge in [0, 0.05) is 10.8 Å². The molecular formula is C19H23N3O2. The van der Waals surface area contributed by atoms with E-state index >= 15 is 0 Å². The van der Waals surface area contributed by atoms with Crippen LogP contribution in [-0.2, 0) is 16.8 Å². The smallest absolute Gasteiger partial charge is 0.226 e. The van der Waals surface area contributed by atoms with E-state index in [9.17, 15) is 9.59 Å². The van der Waals surface area contributed by atoms with Crippen molar-refractivity contribution in [2.75, 3.05) is 0 Å². The summed E-state index contributed by atoms with van der Waals surface area (Å²) in [5.74, 6) is -0.384. The van der Waals surface area contributed by atoms with Crippen molar-refractivity contribution < 1.29 is 9.59 Å². The van der Waals surface area contributed by atoms with Crippen molar-refractivity contribution in [2.24, 2.45) is 16.7 Å². The van der Waals surface area contributed by atoms with Gasteiger partial charge >= 0.3 is 0 Å². The molecule has 0 fully saturated rings. The van der Waals surface area contributed by atoms with Crippen LogP contribution in [0.15, 0.2) is 18.0 Å². The number of allylic oxidation sites excluding steroid dienone is 2. The van der Waals surface area contributed by atoms with Crippen molar-refractivity contribution in [3.05, 3.63) is 40.6 Å². The molecule has 0 N–H and O–H groups in total. The van der Waals surface area contributed by atoms with E-state index in [2.05, 4.69) is 9.94 Å². The van der Waals surface area contributed by atoms with Gasteiger partial charge in [0.15, 0.2) is 11.6 Å². The van der Waals surface area contributed by atoms with Crippen LogP contribution in [-0.4, -0.2) is 21.3 Å². The summed E-state index contributed by atoms with van der Waals surface area (Å²) in [4.78, 5) is 29.3. The number of nitrogens with zero attached hydrogens (tertiary/aromatic N) is 3. The molecule has 2 aliphatic carbocycles. The molecular weight excluding hydrogens is 302 g/mol. The lowest BCUT2D eigenvalue weighted by Gasteiger charge is -2.49. The molecule has 0 aromatic carbocycles. The Balaban J connectivity index is 2.26. The van der Waals surface area contributed by atoms with Gasteiger partial charge in [-0.25, -0.2) is 4.85 Å². The standard InChI is InChI=1S/C19H23N3O2/c1-17(2,3)22-13-8-14-18(4,5)16(24)12(20-7)9-19(14,6)15(23)11(13)10-21-22/h9-10,14H,8H2,1-6H3/t14-,19+/m1/s1. The molecule has 2 aliphatic rings. The van der Waals surface area contributed by atoms with Gasteiger partial charge in [0.25, 0.3) is 0 Å². The Hall–Kier alpha value is -2.22. The highest BCUT2D eigenvalue weighted by molar-refractivity contribution is 6.09. The Morgan fingerprint density at radius 1 is 1.25 bits per heavy atom. The van der Waals surface area contributed by atoms with Gasteiger partial charge in [-0.3, -0.25) is 9.48 Å². The second-order valence-electron chi connectivity index (χ2n) is 8.65. The monoisotopic (exact) mass is 325 g/mol. The number of aromatic nitrogens is 2. The Labute approximate surface area is 142 Å². The number of rotatable bonds is 0. The van der Waals surface area contributed by atoms with Crippen LogP contribution >= 0.6 is 0 Å². The summed E-state index contributed by atoms with van der Waals surface area (Å²) in [5.41, 5.74) is -0.231. The number of carbonyl (C=O) groups excluding carboxylic acids is 2. The van der Waals surface area contributed by atoms with E-state index in [1.807, 2.05) is 46.2 Å². The Morgan fingerprint density at radius 3 is 2.42 bits per heavy atom. The first-order valence-electron chi connectivity index (χ1n) is 8.22. The quantitative estimate of drug-likeness (QED) is 0.687. The number of hydrogen-bond donors (Lipinski definition) is 0. The predicted octanol–water partition coefficient (Wildman–Crippen LogP) is 3.41. The minimum absolute atomic E-state index is 0.0361. The molecule has 0 saturated carbocycles. The van der Waals surface area contributed by atoms with Crippen molar-refractivity contribution in [3.8, 4) is 0 Å². The largest absolute Gasteiger partial charge is 0.307 e. The summed E-state index contributed by atoms with van der Waals surface area (Å²) in [6.07, 6.45) is 3.84. The first-order valence-corrected chi connectivity index (χ1v) is 8.22. The van der Waals surface area contributed by atoms with Gasteiger partial charge in [-0.1, -0.05) is 19.9 Å². The molecule has 0 radical (unpaired) electrons. The van der Waals surface area contributed by atoms with Crippen LogP contribution in [0.5, 0.6) is 0 Å². The predicted molar refractivity (Wildman–Crippen MR) is 90.3 cm³/mol. The van der Waals surface area contributed by atoms with Crippen molar-refractivity contribution in [1.82, 2.24) is 9.78 Å². The minimum atomic E-state index is -0.837. The summed E-state index contributed by atoms with van der Waals surface area (Å²) in [5, 5.41) is 4.44. The highest BCUT2D eigenvalue weighted by Gasteiger charge is 2.57. The molecule has 0 saturated heterocycles. The normalized spacial score (nSPS) is 28.7. The minimum Gasteiger partial charge on any atom is -0.307 e. The van der Waals surface area contributed by atoms with E-state index in [0.29, 0.717) is 12.0 Å². The molecule has 0 spiro atoms. The van der Waals surface area contributed by atoms with Gasteiger partial charge < -0.3 is 4.79 Å².